The number of piperidine rings is 1. The zero-order chi connectivity index (χ0) is 22.2. The molecule has 2 aliphatic rings. The number of carbonyl (C=O) groups excluding carboxylic acids is 2. The number of hydrogen-bond donors (Lipinski definition) is 0. The van der Waals surface area contributed by atoms with Gasteiger partial charge in [0.1, 0.15) is 5.60 Å². The summed E-state index contributed by atoms with van der Waals surface area (Å²) < 4.78 is 5.60. The van der Waals surface area contributed by atoms with Gasteiger partial charge in [-0.2, -0.15) is 5.26 Å². The van der Waals surface area contributed by atoms with E-state index in [1.54, 1.807) is 17.0 Å². The van der Waals surface area contributed by atoms with Gasteiger partial charge in [-0.25, -0.2) is 4.79 Å². The third kappa shape index (κ3) is 4.27. The van der Waals surface area contributed by atoms with Gasteiger partial charge in [-0.1, -0.05) is 36.4 Å². The highest BCUT2D eigenvalue weighted by Gasteiger charge is 2.41. The lowest BCUT2D eigenvalue weighted by Gasteiger charge is -2.43. The number of benzene rings is 2. The molecule has 0 spiro atoms. The third-order valence-corrected chi connectivity index (χ3v) is 5.93. The van der Waals surface area contributed by atoms with Gasteiger partial charge in [-0.05, 0) is 50.5 Å². The first-order valence-corrected chi connectivity index (χ1v) is 10.6. The minimum Gasteiger partial charge on any atom is -0.444 e. The summed E-state index contributed by atoms with van der Waals surface area (Å²) in [4.78, 5) is 29.6. The van der Waals surface area contributed by atoms with E-state index in [1.807, 2.05) is 49.9 Å². The average Bonchev–Trinajstić information content (AvgIpc) is 3.08. The maximum Gasteiger partial charge on any atom is 0.410 e. The normalized spacial score (nSPS) is 20.9. The van der Waals surface area contributed by atoms with Gasteiger partial charge in [0.2, 0.25) is 0 Å². The fourth-order valence-corrected chi connectivity index (χ4v) is 4.49. The molecule has 0 saturated carbocycles. The summed E-state index contributed by atoms with van der Waals surface area (Å²) in [5.74, 6) is -0.0556. The molecule has 1 fully saturated rings. The van der Waals surface area contributed by atoms with Gasteiger partial charge in [0, 0.05) is 37.2 Å². The highest BCUT2D eigenvalue weighted by molar-refractivity contribution is 5.99. The van der Waals surface area contributed by atoms with Crippen molar-refractivity contribution in [2.24, 2.45) is 0 Å². The first kappa shape index (κ1) is 20.9. The second-order valence-electron chi connectivity index (χ2n) is 9.22. The lowest BCUT2D eigenvalue weighted by Crippen LogP contribution is -2.52. The van der Waals surface area contributed by atoms with Crippen LogP contribution in [0.2, 0.25) is 0 Å². The summed E-state index contributed by atoms with van der Waals surface area (Å²) in [5.41, 5.74) is 2.60. The molecule has 2 aromatic rings. The molecule has 0 aliphatic carbocycles. The van der Waals surface area contributed by atoms with E-state index < -0.39 is 5.60 Å². The minimum atomic E-state index is -0.554. The number of carbonyl (C=O) groups is 2. The molecule has 0 unspecified atom stereocenters. The summed E-state index contributed by atoms with van der Waals surface area (Å²) in [6.45, 7) is 7.14. The Morgan fingerprint density at radius 1 is 1.16 bits per heavy atom. The molecule has 6 heteroatoms. The Kier molecular flexibility index (Phi) is 5.45. The lowest BCUT2D eigenvalue weighted by molar-refractivity contribution is 0.0109. The average molecular weight is 418 g/mol. The summed E-state index contributed by atoms with van der Waals surface area (Å²) in [5, 5.41) is 9.20. The molecule has 0 bridgehead atoms. The van der Waals surface area contributed by atoms with Crippen LogP contribution in [-0.4, -0.2) is 46.5 Å². The van der Waals surface area contributed by atoms with E-state index in [2.05, 4.69) is 18.2 Å². The molecule has 31 heavy (non-hydrogen) atoms. The van der Waals surface area contributed by atoms with E-state index in [4.69, 9.17) is 4.74 Å². The molecule has 6 nitrogen and oxygen atoms in total. The van der Waals surface area contributed by atoms with Gasteiger partial charge < -0.3 is 14.5 Å². The van der Waals surface area contributed by atoms with Gasteiger partial charge in [0.05, 0.1) is 11.6 Å². The van der Waals surface area contributed by atoms with Crippen molar-refractivity contribution in [2.45, 2.75) is 51.3 Å². The first-order chi connectivity index (χ1) is 14.8. The fraction of sp³-hybridized carbons (Fsp3) is 0.400. The van der Waals surface area contributed by atoms with Crippen LogP contribution in [0.4, 0.5) is 4.79 Å². The molecule has 0 radical (unpaired) electrons. The molecule has 2 aliphatic heterocycles. The maximum atomic E-state index is 13.3. The van der Waals surface area contributed by atoms with E-state index in [0.717, 1.165) is 11.1 Å². The van der Waals surface area contributed by atoms with Gasteiger partial charge in [-0.3, -0.25) is 4.79 Å². The van der Waals surface area contributed by atoms with Crippen molar-refractivity contribution in [3.63, 3.8) is 0 Å². The molecule has 2 atom stereocenters. The Hall–Kier alpha value is -3.33. The number of fused-ring (bicyclic) bond motifs is 1. The van der Waals surface area contributed by atoms with E-state index in [-0.39, 0.29) is 24.0 Å². The topological polar surface area (TPSA) is 73.6 Å². The molecular formula is C25H27N3O3. The number of ether oxygens (including phenoxy) is 1. The number of amides is 2. The van der Waals surface area contributed by atoms with Gasteiger partial charge >= 0.3 is 6.09 Å². The van der Waals surface area contributed by atoms with Crippen molar-refractivity contribution >= 4 is 12.0 Å². The van der Waals surface area contributed by atoms with Crippen LogP contribution >= 0.6 is 0 Å². The lowest BCUT2D eigenvalue weighted by atomic mass is 9.85. The second kappa shape index (κ2) is 8.07. The van der Waals surface area contributed by atoms with E-state index in [0.29, 0.717) is 37.2 Å². The van der Waals surface area contributed by atoms with Crippen molar-refractivity contribution in [1.82, 2.24) is 9.80 Å². The highest BCUT2D eigenvalue weighted by Crippen LogP contribution is 2.36. The Balaban J connectivity index is 1.61. The van der Waals surface area contributed by atoms with Crippen molar-refractivity contribution in [1.29, 1.82) is 5.26 Å². The van der Waals surface area contributed by atoms with Crippen molar-refractivity contribution < 1.29 is 14.3 Å². The van der Waals surface area contributed by atoms with E-state index in [1.165, 1.54) is 0 Å². The van der Waals surface area contributed by atoms with Crippen LogP contribution in [0.25, 0.3) is 0 Å². The molecular weight excluding hydrogens is 390 g/mol. The summed E-state index contributed by atoms with van der Waals surface area (Å²) in [7, 11) is 0. The Labute approximate surface area is 183 Å². The standard InChI is InChI=1S/C25H27N3O3/c1-25(2,3)31-24(30)27-12-11-22(21(16-27)18-7-5-4-6-8-18)28-15-19-10-9-17(14-26)13-20(19)23(28)29/h4-10,13,21-22H,11-12,15-16H2,1-3H3/t21-,22+/m0/s1. The quantitative estimate of drug-likeness (QED) is 0.730. The summed E-state index contributed by atoms with van der Waals surface area (Å²) in [6, 6.07) is 17.4. The first-order valence-electron chi connectivity index (χ1n) is 10.6. The molecule has 0 N–H and O–H groups in total. The molecule has 2 aromatic carbocycles. The number of nitriles is 1. The number of nitrogens with zero attached hydrogens (tertiary/aromatic N) is 3. The fourth-order valence-electron chi connectivity index (χ4n) is 4.49. The van der Waals surface area contributed by atoms with Crippen molar-refractivity contribution in [2.75, 3.05) is 13.1 Å². The SMILES string of the molecule is CC(C)(C)OC(=O)N1CC[C@@H](N2Cc3ccc(C#N)cc3C2=O)[C@H](c2ccccc2)C1. The van der Waals surface area contributed by atoms with Crippen LogP contribution in [0.15, 0.2) is 48.5 Å². The Morgan fingerprint density at radius 3 is 2.58 bits per heavy atom. The molecule has 4 rings (SSSR count). The summed E-state index contributed by atoms with van der Waals surface area (Å²) in [6.07, 6.45) is 0.352. The molecule has 1 saturated heterocycles. The van der Waals surface area contributed by atoms with Crippen LogP contribution in [-0.2, 0) is 11.3 Å². The van der Waals surface area contributed by atoms with Crippen LogP contribution in [0.5, 0.6) is 0 Å². The van der Waals surface area contributed by atoms with Crippen molar-refractivity contribution in [3.8, 4) is 6.07 Å². The Morgan fingerprint density at radius 2 is 1.90 bits per heavy atom. The molecule has 160 valence electrons. The van der Waals surface area contributed by atoms with E-state index >= 15 is 0 Å². The minimum absolute atomic E-state index is 0.0174. The Bertz CT molecular complexity index is 1040. The van der Waals surface area contributed by atoms with Crippen LogP contribution < -0.4 is 0 Å². The second-order valence-corrected chi connectivity index (χ2v) is 9.22. The highest BCUT2D eigenvalue weighted by atomic mass is 16.6. The number of rotatable bonds is 2. The van der Waals surface area contributed by atoms with Crippen molar-refractivity contribution in [3.05, 3.63) is 70.8 Å². The zero-order valence-corrected chi connectivity index (χ0v) is 18.2. The van der Waals surface area contributed by atoms with Gasteiger partial charge in [-0.15, -0.1) is 0 Å². The third-order valence-electron chi connectivity index (χ3n) is 5.93. The monoisotopic (exact) mass is 417 g/mol. The van der Waals surface area contributed by atoms with Gasteiger partial charge in [0.25, 0.3) is 5.91 Å². The smallest absolute Gasteiger partial charge is 0.410 e. The number of hydrogen-bond acceptors (Lipinski definition) is 4. The van der Waals surface area contributed by atoms with Crippen LogP contribution in [0.1, 0.15) is 60.2 Å². The van der Waals surface area contributed by atoms with Gasteiger partial charge in [0.15, 0.2) is 0 Å². The predicted octanol–water partition coefficient (Wildman–Crippen LogP) is 4.31. The summed E-state index contributed by atoms with van der Waals surface area (Å²) >= 11 is 0. The molecule has 2 heterocycles. The largest absolute Gasteiger partial charge is 0.444 e. The van der Waals surface area contributed by atoms with Crippen LogP contribution in [0.3, 0.4) is 0 Å². The zero-order valence-electron chi connectivity index (χ0n) is 18.2. The number of likely N-dealkylation sites (tertiary alicyclic amines) is 1. The van der Waals surface area contributed by atoms with Crippen LogP contribution in [0, 0.1) is 11.3 Å². The predicted molar refractivity (Wildman–Crippen MR) is 116 cm³/mol. The maximum absolute atomic E-state index is 13.3. The van der Waals surface area contributed by atoms with E-state index in [9.17, 15) is 14.9 Å². The molecule has 2 amide bonds. The molecule has 0 aromatic heterocycles.